The van der Waals surface area contributed by atoms with E-state index in [0.717, 1.165) is 22.6 Å². The molecule has 0 saturated carbocycles. The van der Waals surface area contributed by atoms with Crippen molar-refractivity contribution >= 4 is 52.7 Å². The van der Waals surface area contributed by atoms with E-state index in [9.17, 15) is 9.59 Å². The molecule has 0 fully saturated rings. The predicted molar refractivity (Wildman–Crippen MR) is 157 cm³/mol. The average Bonchev–Trinajstić information content (AvgIpc) is 3.33. The van der Waals surface area contributed by atoms with Gasteiger partial charge in [-0.25, -0.2) is 15.8 Å². The van der Waals surface area contributed by atoms with Crippen molar-refractivity contribution in [3.63, 3.8) is 0 Å². The Hall–Kier alpha value is -4.25. The van der Waals surface area contributed by atoms with Crippen LogP contribution in [0.2, 0.25) is 0 Å². The second-order valence-corrected chi connectivity index (χ2v) is 9.31. The molecule has 4 rings (SSSR count). The van der Waals surface area contributed by atoms with Crippen LogP contribution in [0.1, 0.15) is 33.4 Å². The van der Waals surface area contributed by atoms with Crippen LogP contribution in [0.4, 0.5) is 10.8 Å². The number of para-hydroxylation sites is 1. The van der Waals surface area contributed by atoms with E-state index in [1.165, 1.54) is 24.6 Å². The van der Waals surface area contributed by atoms with Crippen LogP contribution in [0.25, 0.3) is 0 Å². The fourth-order valence-electron chi connectivity index (χ4n) is 3.59. The molecule has 0 aliphatic carbocycles. The lowest BCUT2D eigenvalue weighted by molar-refractivity contribution is -0.114. The highest BCUT2D eigenvalue weighted by molar-refractivity contribution is 7.17. The van der Waals surface area contributed by atoms with E-state index in [4.69, 9.17) is 10.6 Å². The van der Waals surface area contributed by atoms with Crippen molar-refractivity contribution in [3.8, 4) is 11.5 Å². The Morgan fingerprint density at radius 3 is 2.28 bits per heavy atom. The van der Waals surface area contributed by atoms with Crippen LogP contribution in [0.5, 0.6) is 11.5 Å². The van der Waals surface area contributed by atoms with Gasteiger partial charge in [0.1, 0.15) is 22.7 Å². The van der Waals surface area contributed by atoms with Gasteiger partial charge in [-0.15, -0.1) is 12.4 Å². The Bertz CT molecular complexity index is 1390. The fraction of sp³-hybridized carbons (Fsp3) is 0.143. The molecule has 0 saturated heterocycles. The minimum Gasteiger partial charge on any atom is -0.457 e. The normalized spacial score (nSPS) is 10.5. The number of amides is 2. The summed E-state index contributed by atoms with van der Waals surface area (Å²) in [7, 11) is 0. The number of aryl methyl sites for hydroxylation is 2. The number of ether oxygens (including phenoxy) is 1. The highest BCUT2D eigenvalue weighted by Gasteiger charge is 2.19. The maximum absolute atomic E-state index is 13.1. The summed E-state index contributed by atoms with van der Waals surface area (Å²) in [5, 5.41) is 6.05. The van der Waals surface area contributed by atoms with Crippen molar-refractivity contribution in [2.24, 2.45) is 10.8 Å². The minimum absolute atomic E-state index is 0. The Morgan fingerprint density at radius 1 is 0.949 bits per heavy atom. The maximum atomic E-state index is 13.1. The van der Waals surface area contributed by atoms with Gasteiger partial charge in [-0.05, 0) is 60.4 Å². The third kappa shape index (κ3) is 8.92. The molecule has 0 aliphatic heterocycles. The van der Waals surface area contributed by atoms with Gasteiger partial charge < -0.3 is 20.8 Å². The number of carbonyl (C=O) groups excluding carboxylic acids is 2. The Labute approximate surface area is 236 Å². The maximum Gasteiger partial charge on any atom is 0.263 e. The van der Waals surface area contributed by atoms with Gasteiger partial charge in [0.15, 0.2) is 5.13 Å². The number of aliphatic imine (C=N–C) groups is 1. The predicted octanol–water partition coefficient (Wildman–Crippen LogP) is 5.15. The van der Waals surface area contributed by atoms with Crippen molar-refractivity contribution in [1.82, 2.24) is 15.7 Å². The van der Waals surface area contributed by atoms with E-state index in [1.807, 2.05) is 78.9 Å². The first-order chi connectivity index (χ1) is 18.5. The van der Waals surface area contributed by atoms with Crippen molar-refractivity contribution in [2.75, 3.05) is 5.32 Å². The van der Waals surface area contributed by atoms with Gasteiger partial charge in [0.2, 0.25) is 5.91 Å². The summed E-state index contributed by atoms with van der Waals surface area (Å²) in [6.07, 6.45) is 2.62. The average molecular weight is 565 g/mol. The number of halogens is 1. The Kier molecular flexibility index (Phi) is 11.0. The van der Waals surface area contributed by atoms with Crippen LogP contribution in [0, 0.1) is 0 Å². The van der Waals surface area contributed by atoms with Gasteiger partial charge >= 0.3 is 0 Å². The van der Waals surface area contributed by atoms with E-state index < -0.39 is 0 Å². The van der Waals surface area contributed by atoms with Crippen molar-refractivity contribution in [1.29, 1.82) is 0 Å². The molecule has 0 spiro atoms. The summed E-state index contributed by atoms with van der Waals surface area (Å²) < 4.78 is 5.82. The SMILES string of the molecule is CC(=O)Nc1nc(CCc2ccc(N=CNN)cc2)c(C(=O)NCc2ccc(Oc3ccccc3)cc2)s1.Cl. The highest BCUT2D eigenvalue weighted by atomic mass is 35.5. The molecule has 0 radical (unpaired) electrons. The number of nitrogens with zero attached hydrogens (tertiary/aromatic N) is 2. The lowest BCUT2D eigenvalue weighted by Gasteiger charge is -2.08. The number of hydrazine groups is 1. The number of hydrogen-bond acceptors (Lipinski definition) is 7. The number of benzene rings is 3. The molecular weight excluding hydrogens is 536 g/mol. The van der Waals surface area contributed by atoms with Crippen LogP contribution in [-0.2, 0) is 24.2 Å². The van der Waals surface area contributed by atoms with Crippen molar-refractivity contribution in [3.05, 3.63) is 101 Å². The minimum atomic E-state index is -0.238. The number of aromatic nitrogens is 1. The Morgan fingerprint density at radius 2 is 1.62 bits per heavy atom. The van der Waals surface area contributed by atoms with Gasteiger partial charge in [0.25, 0.3) is 5.91 Å². The summed E-state index contributed by atoms with van der Waals surface area (Å²) in [5.74, 6) is 6.20. The van der Waals surface area contributed by atoms with Gasteiger partial charge in [0, 0.05) is 13.5 Å². The fourth-order valence-corrected chi connectivity index (χ4v) is 4.56. The van der Waals surface area contributed by atoms with E-state index in [0.29, 0.717) is 40.8 Å². The summed E-state index contributed by atoms with van der Waals surface area (Å²) >= 11 is 1.17. The summed E-state index contributed by atoms with van der Waals surface area (Å²) in [6, 6.07) is 24.8. The van der Waals surface area contributed by atoms with Crippen molar-refractivity contribution < 1.29 is 14.3 Å². The van der Waals surface area contributed by atoms with Gasteiger partial charge in [-0.2, -0.15) is 0 Å². The Balaban J connectivity index is 0.00000420. The molecule has 1 aromatic heterocycles. The topological polar surface area (TPSA) is 131 Å². The number of rotatable bonds is 11. The van der Waals surface area contributed by atoms with E-state index >= 15 is 0 Å². The third-order valence-electron chi connectivity index (χ3n) is 5.42. The zero-order chi connectivity index (χ0) is 26.7. The van der Waals surface area contributed by atoms with Crippen LogP contribution in [-0.4, -0.2) is 23.1 Å². The van der Waals surface area contributed by atoms with Gasteiger partial charge in [-0.1, -0.05) is 53.8 Å². The smallest absolute Gasteiger partial charge is 0.263 e. The van der Waals surface area contributed by atoms with E-state index in [2.05, 4.69) is 26.0 Å². The van der Waals surface area contributed by atoms with E-state index in [-0.39, 0.29) is 24.2 Å². The highest BCUT2D eigenvalue weighted by Crippen LogP contribution is 2.26. The molecule has 4 aromatic rings. The first-order valence-electron chi connectivity index (χ1n) is 11.9. The molecule has 0 aliphatic rings. The first-order valence-corrected chi connectivity index (χ1v) is 12.8. The van der Waals surface area contributed by atoms with Crippen LogP contribution >= 0.6 is 23.7 Å². The monoisotopic (exact) mass is 564 g/mol. The molecule has 9 nitrogen and oxygen atoms in total. The number of carbonyl (C=O) groups is 2. The number of thiazole rings is 1. The van der Waals surface area contributed by atoms with Crippen LogP contribution in [0.3, 0.4) is 0 Å². The molecule has 11 heteroatoms. The second kappa shape index (κ2) is 14.6. The van der Waals surface area contributed by atoms with Crippen LogP contribution < -0.4 is 26.6 Å². The molecule has 1 heterocycles. The number of hydrogen-bond donors (Lipinski definition) is 4. The quantitative estimate of drug-likeness (QED) is 0.0862. The third-order valence-corrected chi connectivity index (χ3v) is 6.43. The second-order valence-electron chi connectivity index (χ2n) is 8.31. The zero-order valence-corrected chi connectivity index (χ0v) is 22.9. The molecule has 39 heavy (non-hydrogen) atoms. The largest absolute Gasteiger partial charge is 0.457 e. The van der Waals surface area contributed by atoms with Gasteiger partial charge in [0.05, 0.1) is 11.4 Å². The number of anilines is 1. The lowest BCUT2D eigenvalue weighted by atomic mass is 10.1. The number of nitrogens with two attached hydrogens (primary N) is 1. The molecule has 5 N–H and O–H groups in total. The first kappa shape index (κ1) is 29.3. The zero-order valence-electron chi connectivity index (χ0n) is 21.2. The lowest BCUT2D eigenvalue weighted by Crippen LogP contribution is -2.23. The van der Waals surface area contributed by atoms with Crippen LogP contribution in [0.15, 0.2) is 83.9 Å². The molecule has 0 bridgehead atoms. The number of nitrogens with one attached hydrogen (secondary N) is 3. The molecule has 0 unspecified atom stereocenters. The summed E-state index contributed by atoms with van der Waals surface area (Å²) in [5.41, 5.74) is 5.78. The van der Waals surface area contributed by atoms with Gasteiger partial charge in [-0.3, -0.25) is 9.59 Å². The molecule has 202 valence electrons. The molecule has 3 aromatic carbocycles. The van der Waals surface area contributed by atoms with Crippen molar-refractivity contribution in [2.45, 2.75) is 26.3 Å². The summed E-state index contributed by atoms with van der Waals surface area (Å²) in [6.45, 7) is 1.76. The summed E-state index contributed by atoms with van der Waals surface area (Å²) in [4.78, 5) is 33.8. The standard InChI is InChI=1S/C28H28N6O3S.ClH/c1-19(35)33-28-34-25(16-11-20-7-12-22(13-8-20)31-18-32-29)26(38-28)27(36)30-17-21-9-14-24(15-10-21)37-23-5-3-2-4-6-23;/h2-10,12-15,18H,11,16-17,29H2,1H3,(H,30,36)(H,31,32)(H,33,34,35);1H. The molecular formula is C28H29ClN6O3S. The molecule has 2 amide bonds. The molecule has 0 atom stereocenters. The van der Waals surface area contributed by atoms with E-state index in [1.54, 1.807) is 0 Å².